The van der Waals surface area contributed by atoms with E-state index in [1.165, 1.54) is 6.20 Å². The summed E-state index contributed by atoms with van der Waals surface area (Å²) in [4.78, 5) is 27.0. The second-order valence-electron chi connectivity index (χ2n) is 4.21. The van der Waals surface area contributed by atoms with E-state index in [0.29, 0.717) is 23.5 Å². The Morgan fingerprint density at radius 2 is 1.81 bits per heavy atom. The lowest BCUT2D eigenvalue weighted by Gasteiger charge is -2.10. The van der Waals surface area contributed by atoms with Crippen LogP contribution in [0.4, 0.5) is 14.5 Å². The second kappa shape index (κ2) is 5.66. The number of carbonyl (C=O) groups excluding carboxylic acids is 1. The number of amides is 1. The number of nitrogens with one attached hydrogen (secondary N) is 1. The fourth-order valence-electron chi connectivity index (χ4n) is 1.72. The number of aromatic carboxylic acids is 1. The Bertz CT molecular complexity index is 732. The molecule has 0 bridgehead atoms. The molecule has 0 radical (unpaired) electrons. The van der Waals surface area contributed by atoms with Crippen LogP contribution in [0, 0.1) is 18.6 Å². The van der Waals surface area contributed by atoms with Gasteiger partial charge in [-0.3, -0.25) is 9.78 Å². The van der Waals surface area contributed by atoms with Crippen molar-refractivity contribution in [2.24, 2.45) is 0 Å². The van der Waals surface area contributed by atoms with Crippen LogP contribution in [-0.2, 0) is 0 Å². The maximum Gasteiger partial charge on any atom is 0.336 e. The summed E-state index contributed by atoms with van der Waals surface area (Å²) >= 11 is 0. The number of hydrogen-bond acceptors (Lipinski definition) is 3. The van der Waals surface area contributed by atoms with Gasteiger partial charge in [-0.1, -0.05) is 0 Å². The van der Waals surface area contributed by atoms with Gasteiger partial charge in [-0.2, -0.15) is 0 Å². The summed E-state index contributed by atoms with van der Waals surface area (Å²) in [7, 11) is 0. The van der Waals surface area contributed by atoms with Crippen LogP contribution in [0.25, 0.3) is 0 Å². The monoisotopic (exact) mass is 292 g/mol. The lowest BCUT2D eigenvalue weighted by Crippen LogP contribution is -2.18. The van der Waals surface area contributed by atoms with Crippen LogP contribution in [0.3, 0.4) is 0 Å². The third kappa shape index (κ3) is 3.02. The summed E-state index contributed by atoms with van der Waals surface area (Å²) < 4.78 is 26.3. The van der Waals surface area contributed by atoms with E-state index < -0.39 is 34.6 Å². The molecule has 0 saturated heterocycles. The number of rotatable bonds is 3. The molecule has 1 aromatic carbocycles. The van der Waals surface area contributed by atoms with Crippen molar-refractivity contribution >= 4 is 17.6 Å². The van der Waals surface area contributed by atoms with E-state index in [9.17, 15) is 18.4 Å². The number of benzene rings is 1. The molecule has 1 aromatic heterocycles. The number of anilines is 1. The zero-order valence-corrected chi connectivity index (χ0v) is 10.9. The first kappa shape index (κ1) is 14.6. The Hall–Kier alpha value is -2.83. The van der Waals surface area contributed by atoms with Gasteiger partial charge in [0.25, 0.3) is 5.91 Å². The van der Waals surface area contributed by atoms with E-state index in [1.54, 1.807) is 19.1 Å². The summed E-state index contributed by atoms with van der Waals surface area (Å²) in [6.07, 6.45) is 1.52. The van der Waals surface area contributed by atoms with E-state index in [0.717, 1.165) is 0 Å². The van der Waals surface area contributed by atoms with E-state index in [1.807, 2.05) is 0 Å². The van der Waals surface area contributed by atoms with Crippen LogP contribution in [0.15, 0.2) is 30.5 Å². The maximum absolute atomic E-state index is 13.2. The van der Waals surface area contributed by atoms with E-state index in [-0.39, 0.29) is 0 Å². The average Bonchev–Trinajstić information content (AvgIpc) is 2.43. The predicted molar refractivity (Wildman–Crippen MR) is 70.2 cm³/mol. The van der Waals surface area contributed by atoms with Gasteiger partial charge >= 0.3 is 5.97 Å². The Labute approximate surface area is 118 Å². The zero-order chi connectivity index (χ0) is 15.6. The number of halogens is 2. The molecule has 0 fully saturated rings. The molecule has 21 heavy (non-hydrogen) atoms. The van der Waals surface area contributed by atoms with Crippen LogP contribution in [0.2, 0.25) is 0 Å². The predicted octanol–water partition coefficient (Wildman–Crippen LogP) is 2.62. The van der Waals surface area contributed by atoms with Crippen LogP contribution >= 0.6 is 0 Å². The molecule has 0 saturated carbocycles. The summed E-state index contributed by atoms with van der Waals surface area (Å²) in [6.45, 7) is 1.64. The Morgan fingerprint density at radius 3 is 2.38 bits per heavy atom. The van der Waals surface area contributed by atoms with E-state index in [4.69, 9.17) is 5.11 Å². The highest BCUT2D eigenvalue weighted by Gasteiger charge is 2.21. The largest absolute Gasteiger partial charge is 0.478 e. The summed E-state index contributed by atoms with van der Waals surface area (Å²) in [6, 6.07) is 4.16. The van der Waals surface area contributed by atoms with Crippen molar-refractivity contribution in [2.75, 3.05) is 5.32 Å². The first-order valence-electron chi connectivity index (χ1n) is 5.85. The average molecular weight is 292 g/mol. The van der Waals surface area contributed by atoms with Crippen molar-refractivity contribution in [2.45, 2.75) is 6.92 Å². The van der Waals surface area contributed by atoms with Gasteiger partial charge in [0.05, 0.1) is 22.5 Å². The van der Waals surface area contributed by atoms with Crippen molar-refractivity contribution in [3.63, 3.8) is 0 Å². The molecule has 2 rings (SSSR count). The minimum absolute atomic E-state index is 0.351. The lowest BCUT2D eigenvalue weighted by atomic mass is 10.1. The molecule has 0 aliphatic heterocycles. The van der Waals surface area contributed by atoms with Crippen molar-refractivity contribution < 1.29 is 23.5 Å². The van der Waals surface area contributed by atoms with E-state index in [2.05, 4.69) is 10.3 Å². The molecule has 1 amide bonds. The number of hydrogen-bond donors (Lipinski definition) is 2. The number of aromatic nitrogens is 1. The van der Waals surface area contributed by atoms with Crippen molar-refractivity contribution in [3.8, 4) is 0 Å². The van der Waals surface area contributed by atoms with Gasteiger partial charge in [-0.15, -0.1) is 0 Å². The summed E-state index contributed by atoms with van der Waals surface area (Å²) in [5.74, 6) is -5.01. The quantitative estimate of drug-likeness (QED) is 0.911. The normalized spacial score (nSPS) is 10.2. The second-order valence-corrected chi connectivity index (χ2v) is 4.21. The Morgan fingerprint density at radius 1 is 1.19 bits per heavy atom. The molecule has 0 unspecified atom stereocenters. The van der Waals surface area contributed by atoms with Crippen LogP contribution < -0.4 is 5.32 Å². The Kier molecular flexibility index (Phi) is 3.93. The number of carboxylic acid groups (broad SMARTS) is 1. The van der Waals surface area contributed by atoms with Gasteiger partial charge in [0.2, 0.25) is 0 Å². The molecule has 0 aliphatic carbocycles. The fourth-order valence-corrected chi connectivity index (χ4v) is 1.72. The van der Waals surface area contributed by atoms with Gasteiger partial charge in [0.1, 0.15) is 0 Å². The minimum Gasteiger partial charge on any atom is -0.478 e. The van der Waals surface area contributed by atoms with Gasteiger partial charge in [-0.05, 0) is 31.2 Å². The van der Waals surface area contributed by atoms with Crippen molar-refractivity contribution in [1.82, 2.24) is 4.98 Å². The molecular weight excluding hydrogens is 282 g/mol. The van der Waals surface area contributed by atoms with Gasteiger partial charge in [-0.25, -0.2) is 13.6 Å². The van der Waals surface area contributed by atoms with Crippen molar-refractivity contribution in [3.05, 3.63) is 58.9 Å². The smallest absolute Gasteiger partial charge is 0.336 e. The molecule has 0 aliphatic rings. The van der Waals surface area contributed by atoms with Crippen LogP contribution in [0.1, 0.15) is 26.4 Å². The lowest BCUT2D eigenvalue weighted by molar-refractivity contribution is 0.0691. The van der Waals surface area contributed by atoms with Crippen LogP contribution in [0.5, 0.6) is 0 Å². The number of carbonyl (C=O) groups is 2. The molecule has 0 spiro atoms. The number of carboxylic acids is 1. The third-order valence-corrected chi connectivity index (χ3v) is 2.79. The summed E-state index contributed by atoms with van der Waals surface area (Å²) in [5, 5.41) is 11.4. The molecule has 7 heteroatoms. The summed E-state index contributed by atoms with van der Waals surface area (Å²) in [5.41, 5.74) is -0.230. The topological polar surface area (TPSA) is 79.3 Å². The number of pyridine rings is 1. The highest BCUT2D eigenvalue weighted by atomic mass is 19.2. The minimum atomic E-state index is -1.53. The Balaban J connectivity index is 2.42. The molecule has 2 aromatic rings. The standard InChI is InChI=1S/C14H10F2N2O3/c1-7-12(3-2-4-17-7)18-13(19)8-5-10(15)11(16)6-9(8)14(20)21/h2-6H,1H3,(H,18,19)(H,20,21). The van der Waals surface area contributed by atoms with E-state index >= 15 is 0 Å². The molecule has 0 atom stereocenters. The molecule has 2 N–H and O–H groups in total. The zero-order valence-electron chi connectivity index (χ0n) is 10.9. The molecule has 5 nitrogen and oxygen atoms in total. The third-order valence-electron chi connectivity index (χ3n) is 2.79. The first-order chi connectivity index (χ1) is 9.90. The van der Waals surface area contributed by atoms with Crippen LogP contribution in [-0.4, -0.2) is 22.0 Å². The highest BCUT2D eigenvalue weighted by molar-refractivity contribution is 6.10. The van der Waals surface area contributed by atoms with Gasteiger partial charge in [0.15, 0.2) is 11.6 Å². The van der Waals surface area contributed by atoms with Gasteiger partial charge < -0.3 is 10.4 Å². The molecule has 108 valence electrons. The number of nitrogens with zero attached hydrogens (tertiary/aromatic N) is 1. The SMILES string of the molecule is Cc1ncccc1NC(=O)c1cc(F)c(F)cc1C(=O)O. The molecule has 1 heterocycles. The first-order valence-corrected chi connectivity index (χ1v) is 5.85. The number of aryl methyl sites for hydroxylation is 1. The maximum atomic E-state index is 13.2. The fraction of sp³-hybridized carbons (Fsp3) is 0.0714. The van der Waals surface area contributed by atoms with Crippen molar-refractivity contribution in [1.29, 1.82) is 0 Å². The van der Waals surface area contributed by atoms with Gasteiger partial charge in [0, 0.05) is 6.20 Å². The highest BCUT2D eigenvalue weighted by Crippen LogP contribution is 2.18. The molecular formula is C14H10F2N2O3.